The zero-order valence-corrected chi connectivity index (χ0v) is 17.5. The Morgan fingerprint density at radius 2 is 1.90 bits per heavy atom. The number of nitrogen functional groups attached to an aromatic ring is 1. The van der Waals surface area contributed by atoms with E-state index in [1.54, 1.807) is 61.7 Å². The van der Waals surface area contributed by atoms with Gasteiger partial charge in [0.15, 0.2) is 5.17 Å². The molecule has 0 saturated carbocycles. The van der Waals surface area contributed by atoms with Gasteiger partial charge in [-0.3, -0.25) is 9.59 Å². The minimum Gasteiger partial charge on any atom is -0.462 e. The largest absolute Gasteiger partial charge is 0.462 e. The van der Waals surface area contributed by atoms with Crippen LogP contribution in [0.5, 0.6) is 0 Å². The van der Waals surface area contributed by atoms with Crippen molar-refractivity contribution in [3.05, 3.63) is 59.7 Å². The smallest absolute Gasteiger partial charge is 0.338 e. The fourth-order valence-electron chi connectivity index (χ4n) is 2.60. The Morgan fingerprint density at radius 3 is 2.58 bits per heavy atom. The molecule has 0 aromatic heterocycles. The van der Waals surface area contributed by atoms with Gasteiger partial charge in [-0.25, -0.2) is 4.79 Å². The highest BCUT2D eigenvalue weighted by atomic mass is 32.2. The summed E-state index contributed by atoms with van der Waals surface area (Å²) in [6, 6.07) is 13.4. The molecule has 1 atom stereocenters. The van der Waals surface area contributed by atoms with E-state index in [9.17, 15) is 14.4 Å². The summed E-state index contributed by atoms with van der Waals surface area (Å²) >= 11 is 1.14. The molecule has 1 aliphatic rings. The number of carbonyl (C=O) groups excluding carboxylic acids is 3. The number of thioether (sulfide) groups is 1. The lowest BCUT2D eigenvalue weighted by Crippen LogP contribution is -2.28. The van der Waals surface area contributed by atoms with Gasteiger partial charge in [0.2, 0.25) is 11.8 Å². The van der Waals surface area contributed by atoms with Gasteiger partial charge in [0.05, 0.1) is 18.4 Å². The number of amides is 2. The molecule has 160 valence electrons. The van der Waals surface area contributed by atoms with E-state index in [2.05, 4.69) is 20.8 Å². The molecule has 2 aromatic rings. The molecule has 0 aliphatic carbocycles. The van der Waals surface area contributed by atoms with Crippen molar-refractivity contribution in [1.29, 1.82) is 0 Å². The lowest BCUT2D eigenvalue weighted by atomic mass is 10.2. The number of benzene rings is 2. The predicted molar refractivity (Wildman–Crippen MR) is 121 cm³/mol. The molecule has 2 aromatic carbocycles. The summed E-state index contributed by atoms with van der Waals surface area (Å²) in [5.41, 5.74) is 8.01. The average molecular weight is 439 g/mol. The minimum atomic E-state index is -0.607. The molecule has 1 fully saturated rings. The van der Waals surface area contributed by atoms with Crippen molar-refractivity contribution in [3.8, 4) is 0 Å². The van der Waals surface area contributed by atoms with Crippen molar-refractivity contribution < 1.29 is 19.1 Å². The van der Waals surface area contributed by atoms with Gasteiger partial charge in [-0.2, -0.15) is 5.10 Å². The summed E-state index contributed by atoms with van der Waals surface area (Å²) in [5, 5.41) is 13.0. The van der Waals surface area contributed by atoms with Gasteiger partial charge < -0.3 is 21.1 Å². The van der Waals surface area contributed by atoms with Crippen LogP contribution < -0.4 is 16.4 Å². The summed E-state index contributed by atoms with van der Waals surface area (Å²) in [4.78, 5) is 36.1. The minimum absolute atomic E-state index is 0.0309. The molecular formula is C21H21N5O4S. The predicted octanol–water partition coefficient (Wildman–Crippen LogP) is 2.40. The third-order valence-corrected chi connectivity index (χ3v) is 5.19. The molecular weight excluding hydrogens is 418 g/mol. The van der Waals surface area contributed by atoms with Gasteiger partial charge in [0, 0.05) is 17.8 Å². The number of nitrogens with two attached hydrogens (primary N) is 1. The summed E-state index contributed by atoms with van der Waals surface area (Å²) in [7, 11) is 0. The maximum atomic E-state index is 12.3. The summed E-state index contributed by atoms with van der Waals surface area (Å²) < 4.78 is 4.92. The average Bonchev–Trinajstić information content (AvgIpc) is 3.09. The Labute approximate surface area is 183 Å². The second-order valence-electron chi connectivity index (χ2n) is 6.46. The van der Waals surface area contributed by atoms with Crippen LogP contribution in [-0.4, -0.2) is 41.0 Å². The quantitative estimate of drug-likeness (QED) is 0.262. The Morgan fingerprint density at radius 1 is 1.19 bits per heavy atom. The number of rotatable bonds is 7. The second-order valence-corrected chi connectivity index (χ2v) is 7.65. The van der Waals surface area contributed by atoms with Gasteiger partial charge in [0.25, 0.3) is 0 Å². The molecule has 31 heavy (non-hydrogen) atoms. The van der Waals surface area contributed by atoms with Crippen LogP contribution in [0.4, 0.5) is 11.4 Å². The maximum absolute atomic E-state index is 12.3. The molecule has 2 amide bonds. The van der Waals surface area contributed by atoms with Gasteiger partial charge in [0.1, 0.15) is 5.25 Å². The first-order chi connectivity index (χ1) is 14.9. The van der Waals surface area contributed by atoms with E-state index < -0.39 is 11.2 Å². The number of nitrogens with zero attached hydrogens (tertiary/aromatic N) is 2. The first-order valence-electron chi connectivity index (χ1n) is 9.45. The van der Waals surface area contributed by atoms with E-state index in [-0.39, 0.29) is 24.8 Å². The van der Waals surface area contributed by atoms with Crippen LogP contribution in [0.3, 0.4) is 0 Å². The van der Waals surface area contributed by atoms with Crippen LogP contribution >= 0.6 is 11.8 Å². The lowest BCUT2D eigenvalue weighted by Gasteiger charge is -2.08. The van der Waals surface area contributed by atoms with E-state index >= 15 is 0 Å². The number of ether oxygens (including phenoxy) is 1. The van der Waals surface area contributed by atoms with Crippen molar-refractivity contribution in [2.75, 3.05) is 17.7 Å². The molecule has 1 aliphatic heterocycles. The normalized spacial score (nSPS) is 17.0. The van der Waals surface area contributed by atoms with E-state index in [1.807, 2.05) is 0 Å². The van der Waals surface area contributed by atoms with E-state index in [0.717, 1.165) is 17.3 Å². The van der Waals surface area contributed by atoms with E-state index in [0.29, 0.717) is 22.1 Å². The number of esters is 1. The fraction of sp³-hybridized carbons (Fsp3) is 0.190. The maximum Gasteiger partial charge on any atom is 0.338 e. The second kappa shape index (κ2) is 10.4. The zero-order chi connectivity index (χ0) is 22.2. The summed E-state index contributed by atoms with van der Waals surface area (Å²) in [5.74, 6) is -1.06. The number of carbonyl (C=O) groups is 3. The van der Waals surface area contributed by atoms with Crippen molar-refractivity contribution in [1.82, 2.24) is 5.32 Å². The van der Waals surface area contributed by atoms with Gasteiger partial charge in [-0.05, 0) is 48.9 Å². The first-order valence-corrected chi connectivity index (χ1v) is 10.3. The van der Waals surface area contributed by atoms with Crippen LogP contribution in [0.2, 0.25) is 0 Å². The third-order valence-electron chi connectivity index (χ3n) is 4.12. The number of nitrogens with one attached hydrogen (secondary N) is 2. The molecule has 9 nitrogen and oxygen atoms in total. The molecule has 0 bridgehead atoms. The topological polar surface area (TPSA) is 135 Å². The molecule has 0 radical (unpaired) electrons. The third kappa shape index (κ3) is 6.41. The molecule has 10 heteroatoms. The van der Waals surface area contributed by atoms with E-state index in [4.69, 9.17) is 10.5 Å². The van der Waals surface area contributed by atoms with Crippen molar-refractivity contribution >= 4 is 52.3 Å². The molecule has 0 unspecified atom stereocenters. The standard InChI is InChI=1S/C21H21N5O4S/c1-2-30-20(29)14-5-9-16(10-6-14)24-18(27)11-17-19(28)25-21(31-17)26-23-12-13-3-7-15(22)8-4-13/h3-10,12,17H,2,11,22H2,1H3,(H,24,27)(H,25,26,28)/b23-12-/t17-/m1/s1. The first kappa shape index (κ1) is 22.0. The highest BCUT2D eigenvalue weighted by Crippen LogP contribution is 2.23. The van der Waals surface area contributed by atoms with Crippen LogP contribution in [-0.2, 0) is 14.3 Å². The summed E-state index contributed by atoms with van der Waals surface area (Å²) in [6.07, 6.45) is 1.51. The monoisotopic (exact) mass is 439 g/mol. The molecule has 1 heterocycles. The van der Waals surface area contributed by atoms with Crippen LogP contribution in [0.15, 0.2) is 58.7 Å². The molecule has 0 spiro atoms. The fourth-order valence-corrected chi connectivity index (χ4v) is 3.53. The Hall–Kier alpha value is -3.66. The number of amidine groups is 1. The Kier molecular flexibility index (Phi) is 7.39. The Bertz CT molecular complexity index is 1020. The molecule has 1 saturated heterocycles. The van der Waals surface area contributed by atoms with Crippen LogP contribution in [0.25, 0.3) is 0 Å². The van der Waals surface area contributed by atoms with Crippen molar-refractivity contribution in [3.63, 3.8) is 0 Å². The molecule has 4 N–H and O–H groups in total. The summed E-state index contributed by atoms with van der Waals surface area (Å²) in [6.45, 7) is 2.02. The van der Waals surface area contributed by atoms with Gasteiger partial charge in [-0.1, -0.05) is 23.9 Å². The number of hydrogen-bond acceptors (Lipinski definition) is 8. The molecule has 3 rings (SSSR count). The Balaban J connectivity index is 1.51. The number of hydrogen-bond donors (Lipinski definition) is 3. The lowest BCUT2D eigenvalue weighted by molar-refractivity contribution is -0.122. The highest BCUT2D eigenvalue weighted by molar-refractivity contribution is 8.15. The van der Waals surface area contributed by atoms with Gasteiger partial charge >= 0.3 is 5.97 Å². The van der Waals surface area contributed by atoms with Crippen molar-refractivity contribution in [2.45, 2.75) is 18.6 Å². The zero-order valence-electron chi connectivity index (χ0n) is 16.7. The highest BCUT2D eigenvalue weighted by Gasteiger charge is 2.32. The van der Waals surface area contributed by atoms with Gasteiger partial charge in [-0.15, -0.1) is 5.10 Å². The van der Waals surface area contributed by atoms with Crippen LogP contribution in [0, 0.1) is 0 Å². The number of anilines is 2. The SMILES string of the molecule is CCOC(=O)c1ccc(NC(=O)C[C@H]2S/C(=N\N=C/c3ccc(N)cc3)NC2=O)cc1. The van der Waals surface area contributed by atoms with Crippen LogP contribution in [0.1, 0.15) is 29.3 Å². The van der Waals surface area contributed by atoms with E-state index in [1.165, 1.54) is 0 Å². The van der Waals surface area contributed by atoms with Crippen molar-refractivity contribution in [2.24, 2.45) is 10.2 Å².